The number of amides is 1. The van der Waals surface area contributed by atoms with Gasteiger partial charge in [-0.1, -0.05) is 29.8 Å². The number of guanidine groups is 1. The number of carbonyl (C=O) groups is 1. The van der Waals surface area contributed by atoms with Crippen molar-refractivity contribution in [3.63, 3.8) is 0 Å². The van der Waals surface area contributed by atoms with Gasteiger partial charge in [-0.05, 0) is 49.6 Å². The van der Waals surface area contributed by atoms with E-state index in [0.29, 0.717) is 12.1 Å². The van der Waals surface area contributed by atoms with Crippen molar-refractivity contribution >= 4 is 11.9 Å². The molecule has 27 heavy (non-hydrogen) atoms. The molecule has 0 aliphatic carbocycles. The van der Waals surface area contributed by atoms with Crippen LogP contribution in [-0.2, 0) is 13.0 Å². The average Bonchev–Trinajstić information content (AvgIpc) is 2.66. The van der Waals surface area contributed by atoms with E-state index in [4.69, 9.17) is 10.5 Å². The molecule has 0 radical (unpaired) electrons. The summed E-state index contributed by atoms with van der Waals surface area (Å²) in [5.74, 6) is 1.19. The summed E-state index contributed by atoms with van der Waals surface area (Å²) in [6, 6.07) is 13.4. The number of rotatable bonds is 8. The van der Waals surface area contributed by atoms with Crippen LogP contribution in [-0.4, -0.2) is 32.1 Å². The Hall–Kier alpha value is -3.02. The minimum Gasteiger partial charge on any atom is -0.496 e. The predicted octanol–water partition coefficient (Wildman–Crippen LogP) is 2.40. The first-order chi connectivity index (χ1) is 13.0. The number of aryl methyl sites for hydroxylation is 1. The molecule has 2 aromatic rings. The second kappa shape index (κ2) is 10.2. The van der Waals surface area contributed by atoms with Gasteiger partial charge in [0.2, 0.25) is 5.91 Å². The molecule has 0 spiro atoms. The zero-order valence-electron chi connectivity index (χ0n) is 16.2. The summed E-state index contributed by atoms with van der Waals surface area (Å²) >= 11 is 0. The third kappa shape index (κ3) is 6.33. The summed E-state index contributed by atoms with van der Waals surface area (Å²) in [4.78, 5) is 15.9. The van der Waals surface area contributed by atoms with Gasteiger partial charge in [-0.3, -0.25) is 4.79 Å². The first kappa shape index (κ1) is 20.3. The highest BCUT2D eigenvalue weighted by molar-refractivity contribution is 5.92. The minimum absolute atomic E-state index is 0.432. The molecule has 0 saturated carbocycles. The van der Waals surface area contributed by atoms with Crippen molar-refractivity contribution in [2.24, 2.45) is 10.7 Å². The number of benzene rings is 2. The highest BCUT2D eigenvalue weighted by Gasteiger charge is 2.05. The summed E-state index contributed by atoms with van der Waals surface area (Å²) in [5, 5.41) is 6.57. The van der Waals surface area contributed by atoms with Crippen LogP contribution in [0.25, 0.3) is 0 Å². The average molecular weight is 368 g/mol. The fraction of sp³-hybridized carbons (Fsp3) is 0.333. The monoisotopic (exact) mass is 368 g/mol. The topological polar surface area (TPSA) is 88.7 Å². The van der Waals surface area contributed by atoms with Gasteiger partial charge < -0.3 is 21.1 Å². The van der Waals surface area contributed by atoms with Crippen molar-refractivity contribution in [3.05, 3.63) is 64.7 Å². The Morgan fingerprint density at radius 2 is 2.00 bits per heavy atom. The van der Waals surface area contributed by atoms with E-state index < -0.39 is 5.91 Å². The maximum absolute atomic E-state index is 11.3. The minimum atomic E-state index is -0.432. The van der Waals surface area contributed by atoms with Crippen LogP contribution in [0.3, 0.4) is 0 Å². The zero-order chi connectivity index (χ0) is 19.6. The first-order valence-electron chi connectivity index (χ1n) is 9.08. The van der Waals surface area contributed by atoms with Gasteiger partial charge in [0.25, 0.3) is 0 Å². The van der Waals surface area contributed by atoms with Gasteiger partial charge in [-0.15, -0.1) is 0 Å². The van der Waals surface area contributed by atoms with E-state index >= 15 is 0 Å². The Balaban J connectivity index is 1.99. The van der Waals surface area contributed by atoms with Crippen molar-refractivity contribution in [1.82, 2.24) is 10.6 Å². The molecule has 144 valence electrons. The van der Waals surface area contributed by atoms with Gasteiger partial charge in [0.15, 0.2) is 5.96 Å². The van der Waals surface area contributed by atoms with E-state index in [1.807, 2.05) is 31.2 Å². The quantitative estimate of drug-likeness (QED) is 0.493. The number of methoxy groups -OCH3 is 1. The van der Waals surface area contributed by atoms with Crippen molar-refractivity contribution in [1.29, 1.82) is 0 Å². The second-order valence-corrected chi connectivity index (χ2v) is 6.25. The molecule has 1 amide bonds. The second-order valence-electron chi connectivity index (χ2n) is 6.25. The number of nitrogens with zero attached hydrogens (tertiary/aromatic N) is 1. The summed E-state index contributed by atoms with van der Waals surface area (Å²) in [6.45, 7) is 6.05. The third-order valence-electron chi connectivity index (χ3n) is 4.10. The molecule has 0 bridgehead atoms. The maximum atomic E-state index is 11.3. The molecule has 0 aliphatic heterocycles. The fourth-order valence-corrected chi connectivity index (χ4v) is 2.75. The summed E-state index contributed by atoms with van der Waals surface area (Å²) in [6.07, 6.45) is 0.826. The van der Waals surface area contributed by atoms with Crippen LogP contribution in [0.4, 0.5) is 0 Å². The Morgan fingerprint density at radius 1 is 1.19 bits per heavy atom. The Bertz CT molecular complexity index is 803. The molecule has 0 saturated heterocycles. The highest BCUT2D eigenvalue weighted by Crippen LogP contribution is 2.19. The predicted molar refractivity (Wildman–Crippen MR) is 109 cm³/mol. The van der Waals surface area contributed by atoms with Crippen LogP contribution in [0.15, 0.2) is 47.5 Å². The maximum Gasteiger partial charge on any atom is 0.248 e. The van der Waals surface area contributed by atoms with Gasteiger partial charge >= 0.3 is 0 Å². The van der Waals surface area contributed by atoms with Crippen LogP contribution in [0.2, 0.25) is 0 Å². The number of ether oxygens (including phenoxy) is 1. The smallest absolute Gasteiger partial charge is 0.248 e. The number of nitrogens with two attached hydrogens (primary N) is 1. The van der Waals surface area contributed by atoms with Crippen LogP contribution >= 0.6 is 0 Å². The molecule has 0 aliphatic rings. The van der Waals surface area contributed by atoms with Gasteiger partial charge in [0.05, 0.1) is 13.7 Å². The number of aliphatic imine (C=N–C) groups is 1. The Morgan fingerprint density at radius 3 is 2.70 bits per heavy atom. The molecule has 0 unspecified atom stereocenters. The van der Waals surface area contributed by atoms with E-state index in [9.17, 15) is 4.79 Å². The van der Waals surface area contributed by atoms with Gasteiger partial charge in [-0.25, -0.2) is 4.99 Å². The molecular weight excluding hydrogens is 340 g/mol. The van der Waals surface area contributed by atoms with Crippen LogP contribution in [0.5, 0.6) is 5.75 Å². The molecule has 4 N–H and O–H groups in total. The number of carbonyl (C=O) groups excluding carboxylic acids is 1. The summed E-state index contributed by atoms with van der Waals surface area (Å²) in [7, 11) is 1.69. The lowest BCUT2D eigenvalue weighted by Crippen LogP contribution is -2.38. The van der Waals surface area contributed by atoms with Gasteiger partial charge in [0.1, 0.15) is 5.75 Å². The number of hydrogen-bond donors (Lipinski definition) is 3. The first-order valence-corrected chi connectivity index (χ1v) is 9.08. The molecule has 6 heteroatoms. The summed E-state index contributed by atoms with van der Waals surface area (Å²) < 4.78 is 5.43. The van der Waals surface area contributed by atoms with E-state index in [-0.39, 0.29) is 0 Å². The molecule has 0 aromatic heterocycles. The lowest BCUT2D eigenvalue weighted by molar-refractivity contribution is 0.1000. The van der Waals surface area contributed by atoms with Crippen LogP contribution in [0.1, 0.15) is 34.0 Å². The number of primary amides is 1. The standard InChI is InChI=1S/C21H28N4O2/c1-4-23-21(25-14-16-6-5-7-18(13-16)20(22)26)24-11-10-17-12-15(2)8-9-19(17)27-3/h5-9,12-13H,4,10-11,14H2,1-3H3,(H2,22,26)(H2,23,24,25). The molecular formula is C21H28N4O2. The largest absolute Gasteiger partial charge is 0.496 e. The normalized spacial score (nSPS) is 11.1. The van der Waals surface area contributed by atoms with E-state index in [0.717, 1.165) is 42.3 Å². The molecule has 2 rings (SSSR count). The fourth-order valence-electron chi connectivity index (χ4n) is 2.75. The van der Waals surface area contributed by atoms with E-state index in [1.54, 1.807) is 19.2 Å². The lowest BCUT2D eigenvalue weighted by atomic mass is 10.1. The highest BCUT2D eigenvalue weighted by atomic mass is 16.5. The van der Waals surface area contributed by atoms with Crippen molar-refractivity contribution < 1.29 is 9.53 Å². The Kier molecular flexibility index (Phi) is 7.67. The number of nitrogens with one attached hydrogen (secondary N) is 2. The van der Waals surface area contributed by atoms with E-state index in [1.165, 1.54) is 5.56 Å². The zero-order valence-corrected chi connectivity index (χ0v) is 16.2. The molecule has 0 fully saturated rings. The van der Waals surface area contributed by atoms with Crippen molar-refractivity contribution in [2.75, 3.05) is 20.2 Å². The van der Waals surface area contributed by atoms with Crippen LogP contribution < -0.4 is 21.1 Å². The van der Waals surface area contributed by atoms with Gasteiger partial charge in [-0.2, -0.15) is 0 Å². The number of hydrogen-bond acceptors (Lipinski definition) is 3. The van der Waals surface area contributed by atoms with Gasteiger partial charge in [0, 0.05) is 18.7 Å². The summed E-state index contributed by atoms with van der Waals surface area (Å²) in [5.41, 5.74) is 9.13. The van der Waals surface area contributed by atoms with Crippen LogP contribution in [0, 0.1) is 6.92 Å². The van der Waals surface area contributed by atoms with E-state index in [2.05, 4.69) is 28.6 Å². The van der Waals surface area contributed by atoms with Crippen molar-refractivity contribution in [3.8, 4) is 5.75 Å². The lowest BCUT2D eigenvalue weighted by Gasteiger charge is -2.13. The molecule has 2 aromatic carbocycles. The SMILES string of the molecule is CCNC(=NCc1cccc(C(N)=O)c1)NCCc1cc(C)ccc1OC. The third-order valence-corrected chi connectivity index (χ3v) is 4.10. The molecule has 0 atom stereocenters. The van der Waals surface area contributed by atoms with Crippen molar-refractivity contribution in [2.45, 2.75) is 26.8 Å². The molecule has 6 nitrogen and oxygen atoms in total. The molecule has 0 heterocycles. The Labute approximate surface area is 160 Å².